The number of anilines is 1. The molecule has 24 heavy (non-hydrogen) atoms. The topological polar surface area (TPSA) is 133 Å². The van der Waals surface area contributed by atoms with Gasteiger partial charge in [-0.25, -0.2) is 9.48 Å². The number of hydrogen-bond donors (Lipinski definition) is 1. The van der Waals surface area contributed by atoms with E-state index in [4.69, 9.17) is 4.74 Å². The van der Waals surface area contributed by atoms with Gasteiger partial charge >= 0.3 is 5.97 Å². The van der Waals surface area contributed by atoms with Crippen LogP contribution in [0.2, 0.25) is 0 Å². The molecule has 0 atom stereocenters. The first kappa shape index (κ1) is 16.8. The van der Waals surface area contributed by atoms with Crippen LogP contribution in [0.1, 0.15) is 10.5 Å². The van der Waals surface area contributed by atoms with Crippen LogP contribution in [-0.4, -0.2) is 33.2 Å². The van der Waals surface area contributed by atoms with Gasteiger partial charge in [-0.05, 0) is 18.2 Å². The zero-order valence-electron chi connectivity index (χ0n) is 12.5. The van der Waals surface area contributed by atoms with E-state index in [9.17, 15) is 24.5 Å². The second kappa shape index (κ2) is 7.13. The summed E-state index contributed by atoms with van der Waals surface area (Å²) in [5, 5.41) is 16.6. The van der Waals surface area contributed by atoms with Crippen molar-refractivity contribution in [2.24, 2.45) is 7.05 Å². The average molecular weight is 332 g/mol. The molecule has 1 aromatic heterocycles. The third-order valence-corrected chi connectivity index (χ3v) is 2.87. The maximum Gasteiger partial charge on any atom is 0.359 e. The van der Waals surface area contributed by atoms with E-state index in [1.807, 2.05) is 0 Å². The van der Waals surface area contributed by atoms with E-state index in [-0.39, 0.29) is 16.9 Å². The Balaban J connectivity index is 1.90. The third kappa shape index (κ3) is 4.22. The molecule has 10 heteroatoms. The summed E-state index contributed by atoms with van der Waals surface area (Å²) in [6.45, 7) is -0.569. The largest absolute Gasteiger partial charge is 0.451 e. The van der Waals surface area contributed by atoms with Gasteiger partial charge in [0.25, 0.3) is 17.2 Å². The number of aromatic nitrogens is 2. The minimum Gasteiger partial charge on any atom is -0.451 e. The van der Waals surface area contributed by atoms with Crippen LogP contribution in [-0.2, 0) is 16.6 Å². The Kier molecular flexibility index (Phi) is 5.00. The molecule has 1 heterocycles. The van der Waals surface area contributed by atoms with Gasteiger partial charge in [-0.1, -0.05) is 0 Å². The van der Waals surface area contributed by atoms with Crippen molar-refractivity contribution < 1.29 is 19.2 Å². The molecule has 1 N–H and O–H groups in total. The normalized spacial score (nSPS) is 10.0. The Bertz CT molecular complexity index is 843. The molecule has 10 nitrogen and oxygen atoms in total. The van der Waals surface area contributed by atoms with Gasteiger partial charge < -0.3 is 10.1 Å². The smallest absolute Gasteiger partial charge is 0.359 e. The van der Waals surface area contributed by atoms with Gasteiger partial charge in [0.15, 0.2) is 12.3 Å². The van der Waals surface area contributed by atoms with Crippen LogP contribution >= 0.6 is 0 Å². The third-order valence-electron chi connectivity index (χ3n) is 2.87. The van der Waals surface area contributed by atoms with Gasteiger partial charge in [0, 0.05) is 30.9 Å². The molecule has 2 rings (SSSR count). The fourth-order valence-corrected chi connectivity index (χ4v) is 1.68. The first-order valence-electron chi connectivity index (χ1n) is 6.62. The number of carbonyl (C=O) groups is 2. The van der Waals surface area contributed by atoms with Crippen molar-refractivity contribution in [3.63, 3.8) is 0 Å². The number of aryl methyl sites for hydroxylation is 1. The maximum absolute atomic E-state index is 11.7. The molecule has 124 valence electrons. The van der Waals surface area contributed by atoms with Crippen LogP contribution in [0.4, 0.5) is 11.4 Å². The SMILES string of the molecule is Cn1nc(C(=O)OCC(=O)Nc2ccc([N+](=O)[O-])cc2)ccc1=O. The van der Waals surface area contributed by atoms with Crippen molar-refractivity contribution in [1.82, 2.24) is 9.78 Å². The molecule has 1 amide bonds. The van der Waals surface area contributed by atoms with E-state index in [0.29, 0.717) is 5.69 Å². The summed E-state index contributed by atoms with van der Waals surface area (Å²) >= 11 is 0. The van der Waals surface area contributed by atoms with Crippen LogP contribution < -0.4 is 10.9 Å². The molecule has 0 fully saturated rings. The highest BCUT2D eigenvalue weighted by Crippen LogP contribution is 2.15. The van der Waals surface area contributed by atoms with Crippen molar-refractivity contribution in [3.05, 3.63) is 62.6 Å². The molecule has 0 aliphatic heterocycles. The number of ether oxygens (including phenoxy) is 1. The Morgan fingerprint density at radius 1 is 1.25 bits per heavy atom. The minimum absolute atomic E-state index is 0.111. The second-order valence-corrected chi connectivity index (χ2v) is 4.61. The molecular weight excluding hydrogens is 320 g/mol. The van der Waals surface area contributed by atoms with E-state index < -0.39 is 23.4 Å². The number of hydrogen-bond acceptors (Lipinski definition) is 7. The summed E-state index contributed by atoms with van der Waals surface area (Å²) in [6, 6.07) is 7.52. The van der Waals surface area contributed by atoms with Crippen LogP contribution in [0.25, 0.3) is 0 Å². The number of benzene rings is 1. The Hall–Kier alpha value is -3.56. The van der Waals surface area contributed by atoms with Crippen molar-refractivity contribution in [2.75, 3.05) is 11.9 Å². The fraction of sp³-hybridized carbons (Fsp3) is 0.143. The van der Waals surface area contributed by atoms with E-state index >= 15 is 0 Å². The molecule has 0 aliphatic rings. The number of nitrogens with zero attached hydrogens (tertiary/aromatic N) is 3. The average Bonchev–Trinajstić information content (AvgIpc) is 2.55. The standard InChI is InChI=1S/C14H12N4O6/c1-17-13(20)7-6-11(16-17)14(21)24-8-12(19)15-9-2-4-10(5-3-9)18(22)23/h2-7H,8H2,1H3,(H,15,19). The van der Waals surface area contributed by atoms with Gasteiger partial charge in [0.05, 0.1) is 4.92 Å². The molecule has 0 aliphatic carbocycles. The molecule has 0 saturated heterocycles. The summed E-state index contributed by atoms with van der Waals surface area (Å²) in [5.41, 5.74) is -0.287. The van der Waals surface area contributed by atoms with Crippen LogP contribution in [0.3, 0.4) is 0 Å². The summed E-state index contributed by atoms with van der Waals surface area (Å²) < 4.78 is 5.75. The molecule has 0 bridgehead atoms. The highest BCUT2D eigenvalue weighted by atomic mass is 16.6. The van der Waals surface area contributed by atoms with E-state index in [1.165, 1.54) is 37.4 Å². The maximum atomic E-state index is 11.7. The number of esters is 1. The molecule has 0 radical (unpaired) electrons. The number of non-ortho nitro benzene ring substituents is 1. The summed E-state index contributed by atoms with van der Waals surface area (Å²) in [4.78, 5) is 44.6. The van der Waals surface area contributed by atoms with E-state index in [0.717, 1.165) is 10.7 Å². The highest BCUT2D eigenvalue weighted by Gasteiger charge is 2.13. The fourth-order valence-electron chi connectivity index (χ4n) is 1.68. The monoisotopic (exact) mass is 332 g/mol. The summed E-state index contributed by atoms with van der Waals surface area (Å²) in [5.74, 6) is -1.48. The lowest BCUT2D eigenvalue weighted by Gasteiger charge is -2.06. The predicted molar refractivity (Wildman–Crippen MR) is 81.5 cm³/mol. The molecule has 1 aromatic carbocycles. The van der Waals surface area contributed by atoms with Crippen LogP contribution in [0.5, 0.6) is 0 Å². The zero-order valence-corrected chi connectivity index (χ0v) is 12.5. The van der Waals surface area contributed by atoms with Crippen LogP contribution in [0.15, 0.2) is 41.2 Å². The molecule has 0 unspecified atom stereocenters. The number of nitrogens with one attached hydrogen (secondary N) is 1. The molecular formula is C14H12N4O6. The number of amides is 1. The summed E-state index contributed by atoms with van der Waals surface area (Å²) in [7, 11) is 1.38. The van der Waals surface area contributed by atoms with Crippen molar-refractivity contribution in [1.29, 1.82) is 0 Å². The van der Waals surface area contributed by atoms with Gasteiger partial charge in [-0.3, -0.25) is 19.7 Å². The van der Waals surface area contributed by atoms with E-state index in [1.54, 1.807) is 0 Å². The molecule has 0 saturated carbocycles. The first-order chi connectivity index (χ1) is 11.4. The highest BCUT2D eigenvalue weighted by molar-refractivity contribution is 5.94. The van der Waals surface area contributed by atoms with Gasteiger partial charge in [0.1, 0.15) is 0 Å². The lowest BCUT2D eigenvalue weighted by molar-refractivity contribution is -0.384. The zero-order chi connectivity index (χ0) is 17.7. The van der Waals surface area contributed by atoms with Crippen molar-refractivity contribution in [3.8, 4) is 0 Å². The number of nitro benzene ring substituents is 1. The lowest BCUT2D eigenvalue weighted by atomic mass is 10.3. The summed E-state index contributed by atoms with van der Waals surface area (Å²) in [6.07, 6.45) is 0. The van der Waals surface area contributed by atoms with Gasteiger partial charge in [0.2, 0.25) is 0 Å². The minimum atomic E-state index is -0.857. The van der Waals surface area contributed by atoms with Gasteiger partial charge in [-0.15, -0.1) is 0 Å². The number of carbonyl (C=O) groups excluding carboxylic acids is 2. The first-order valence-corrected chi connectivity index (χ1v) is 6.62. The molecule has 0 spiro atoms. The van der Waals surface area contributed by atoms with Crippen LogP contribution in [0, 0.1) is 10.1 Å². The van der Waals surface area contributed by atoms with Crippen molar-refractivity contribution >= 4 is 23.3 Å². The van der Waals surface area contributed by atoms with Crippen molar-refractivity contribution in [2.45, 2.75) is 0 Å². The Morgan fingerprint density at radius 2 is 1.92 bits per heavy atom. The molecule has 2 aromatic rings. The quantitative estimate of drug-likeness (QED) is 0.478. The number of nitro groups is 1. The second-order valence-electron chi connectivity index (χ2n) is 4.61. The predicted octanol–water partition coefficient (Wildman–Crippen LogP) is 0.484. The van der Waals surface area contributed by atoms with E-state index in [2.05, 4.69) is 10.4 Å². The lowest BCUT2D eigenvalue weighted by Crippen LogP contribution is -2.24. The number of rotatable bonds is 5. The Morgan fingerprint density at radius 3 is 2.50 bits per heavy atom. The van der Waals surface area contributed by atoms with Gasteiger partial charge in [-0.2, -0.15) is 5.10 Å². The Labute approximate surface area is 134 Å².